The lowest BCUT2D eigenvalue weighted by Crippen LogP contribution is -2.29. The number of thiazole rings is 1. The summed E-state index contributed by atoms with van der Waals surface area (Å²) in [6.07, 6.45) is 1.75. The maximum absolute atomic E-state index is 11.9. The van der Waals surface area contributed by atoms with Gasteiger partial charge in [-0.25, -0.2) is 0 Å². The van der Waals surface area contributed by atoms with Crippen molar-refractivity contribution in [2.75, 3.05) is 6.54 Å². The van der Waals surface area contributed by atoms with Crippen LogP contribution in [0.3, 0.4) is 0 Å². The highest BCUT2D eigenvalue weighted by molar-refractivity contribution is 9.10. The Kier molecular flexibility index (Phi) is 2.33. The summed E-state index contributed by atoms with van der Waals surface area (Å²) in [6.45, 7) is 1.41. The van der Waals surface area contributed by atoms with Gasteiger partial charge in [0.25, 0.3) is 5.56 Å². The Balaban J connectivity index is 2.21. The van der Waals surface area contributed by atoms with Gasteiger partial charge in [-0.2, -0.15) is 0 Å². The molecule has 0 atom stereocenters. The van der Waals surface area contributed by atoms with Crippen LogP contribution in [0.1, 0.15) is 5.76 Å². The first-order valence-electron chi connectivity index (χ1n) is 4.75. The van der Waals surface area contributed by atoms with Crippen molar-refractivity contribution in [3.05, 3.63) is 42.3 Å². The summed E-state index contributed by atoms with van der Waals surface area (Å²) < 4.78 is 8.36. The molecule has 6 heteroatoms. The zero-order valence-electron chi connectivity index (χ0n) is 8.14. The fraction of sp³-hybridized carbons (Fsp3) is 0.200. The van der Waals surface area contributed by atoms with E-state index in [0.717, 1.165) is 4.80 Å². The van der Waals surface area contributed by atoms with Crippen molar-refractivity contribution in [3.63, 3.8) is 0 Å². The second-order valence-electron chi connectivity index (χ2n) is 3.37. The Labute approximate surface area is 103 Å². The van der Waals surface area contributed by atoms with Crippen LogP contribution in [-0.4, -0.2) is 11.1 Å². The summed E-state index contributed by atoms with van der Waals surface area (Å²) >= 11 is 4.63. The number of fused-ring (bicyclic) bond motifs is 1. The van der Waals surface area contributed by atoms with Crippen molar-refractivity contribution >= 4 is 33.3 Å². The van der Waals surface area contributed by atoms with Gasteiger partial charge in [0.2, 0.25) is 0 Å². The lowest BCUT2D eigenvalue weighted by atomic mass is 10.4. The second kappa shape index (κ2) is 3.71. The van der Waals surface area contributed by atoms with Gasteiger partial charge < -0.3 is 4.42 Å². The molecule has 3 rings (SSSR count). The van der Waals surface area contributed by atoms with E-state index in [1.165, 1.54) is 11.3 Å². The molecule has 2 aromatic rings. The van der Waals surface area contributed by atoms with Gasteiger partial charge in [0.05, 0.1) is 11.1 Å². The van der Waals surface area contributed by atoms with E-state index < -0.39 is 0 Å². The van der Waals surface area contributed by atoms with E-state index in [2.05, 4.69) is 20.9 Å². The van der Waals surface area contributed by atoms with Crippen LogP contribution in [0.5, 0.6) is 0 Å². The quantitative estimate of drug-likeness (QED) is 0.779. The van der Waals surface area contributed by atoms with Crippen LogP contribution < -0.4 is 14.9 Å². The average Bonchev–Trinajstić information content (AvgIpc) is 2.90. The first-order chi connectivity index (χ1) is 7.74. The van der Waals surface area contributed by atoms with E-state index in [9.17, 15) is 4.79 Å². The van der Waals surface area contributed by atoms with E-state index >= 15 is 0 Å². The zero-order valence-corrected chi connectivity index (χ0v) is 10.5. The molecule has 1 aliphatic rings. The van der Waals surface area contributed by atoms with Crippen LogP contribution in [0.4, 0.5) is 0 Å². The van der Waals surface area contributed by atoms with E-state index in [1.807, 2.05) is 6.07 Å². The van der Waals surface area contributed by atoms with E-state index in [0.29, 0.717) is 28.1 Å². The van der Waals surface area contributed by atoms with Crippen LogP contribution in [0, 0.1) is 0 Å². The standard InChI is InChI=1S/C10H7BrN2O2S/c11-8-2-1-6(15-8)5-7-9(14)13-4-3-12-10(13)16-7/h1-2,5H,3-4H2/b7-5+. The van der Waals surface area contributed by atoms with Gasteiger partial charge in [0, 0.05) is 12.6 Å². The van der Waals surface area contributed by atoms with Crippen molar-refractivity contribution < 1.29 is 4.42 Å². The maximum atomic E-state index is 11.9. The summed E-state index contributed by atoms with van der Waals surface area (Å²) in [7, 11) is 0. The normalized spacial score (nSPS) is 15.2. The molecule has 0 aliphatic carbocycles. The van der Waals surface area contributed by atoms with E-state index in [-0.39, 0.29) is 5.56 Å². The fourth-order valence-electron chi connectivity index (χ4n) is 1.60. The minimum atomic E-state index is 0.0220. The first kappa shape index (κ1) is 10.0. The molecule has 2 aromatic heterocycles. The fourth-order valence-corrected chi connectivity index (χ4v) is 2.93. The van der Waals surface area contributed by atoms with Gasteiger partial charge >= 0.3 is 0 Å². The summed E-state index contributed by atoms with van der Waals surface area (Å²) in [5.41, 5.74) is 0.0220. The monoisotopic (exact) mass is 298 g/mol. The third-order valence-electron chi connectivity index (χ3n) is 2.33. The smallest absolute Gasteiger partial charge is 0.270 e. The third-order valence-corrected chi connectivity index (χ3v) is 3.80. The predicted molar refractivity (Wildman–Crippen MR) is 64.2 cm³/mol. The SMILES string of the molecule is O=c1/c(=C\c2ccc(Br)o2)sc2n1CCN=2. The summed E-state index contributed by atoms with van der Waals surface area (Å²) in [4.78, 5) is 17.0. The third kappa shape index (κ3) is 1.58. The molecule has 0 spiro atoms. The maximum Gasteiger partial charge on any atom is 0.270 e. The van der Waals surface area contributed by atoms with Gasteiger partial charge in [-0.15, -0.1) is 0 Å². The Morgan fingerprint density at radius 1 is 1.56 bits per heavy atom. The first-order valence-corrected chi connectivity index (χ1v) is 6.36. The Morgan fingerprint density at radius 2 is 2.44 bits per heavy atom. The lowest BCUT2D eigenvalue weighted by Gasteiger charge is -1.86. The summed E-state index contributed by atoms with van der Waals surface area (Å²) in [5.74, 6) is 0.671. The van der Waals surface area contributed by atoms with Crippen LogP contribution in [-0.2, 0) is 6.54 Å². The van der Waals surface area contributed by atoms with Crippen molar-refractivity contribution in [2.45, 2.75) is 6.54 Å². The minimum absolute atomic E-state index is 0.0220. The van der Waals surface area contributed by atoms with Gasteiger partial charge in [0.1, 0.15) is 5.76 Å². The van der Waals surface area contributed by atoms with Gasteiger partial charge in [-0.1, -0.05) is 11.3 Å². The predicted octanol–water partition coefficient (Wildman–Crippen LogP) is 0.727. The lowest BCUT2D eigenvalue weighted by molar-refractivity contribution is 0.531. The number of rotatable bonds is 1. The minimum Gasteiger partial charge on any atom is -0.450 e. The Hall–Kier alpha value is -1.14. The molecular formula is C10H7BrN2O2S. The van der Waals surface area contributed by atoms with Crippen LogP contribution in [0.25, 0.3) is 6.08 Å². The van der Waals surface area contributed by atoms with Crippen molar-refractivity contribution in [1.29, 1.82) is 0 Å². The summed E-state index contributed by atoms with van der Waals surface area (Å²) in [5, 5.41) is 0. The number of hydrogen-bond donors (Lipinski definition) is 0. The Morgan fingerprint density at radius 3 is 3.12 bits per heavy atom. The zero-order chi connectivity index (χ0) is 11.1. The molecule has 82 valence electrons. The average molecular weight is 299 g/mol. The van der Waals surface area contributed by atoms with Gasteiger partial charge in [-0.05, 0) is 28.1 Å². The molecule has 16 heavy (non-hydrogen) atoms. The second-order valence-corrected chi connectivity index (χ2v) is 5.16. The van der Waals surface area contributed by atoms with Gasteiger partial charge in [0.15, 0.2) is 9.47 Å². The largest absolute Gasteiger partial charge is 0.450 e. The summed E-state index contributed by atoms with van der Waals surface area (Å²) in [6, 6.07) is 3.62. The van der Waals surface area contributed by atoms with Crippen molar-refractivity contribution in [3.8, 4) is 0 Å². The molecule has 1 aliphatic heterocycles. The van der Waals surface area contributed by atoms with E-state index in [4.69, 9.17) is 4.42 Å². The van der Waals surface area contributed by atoms with E-state index in [1.54, 1.807) is 16.7 Å². The van der Waals surface area contributed by atoms with Gasteiger partial charge in [-0.3, -0.25) is 14.4 Å². The van der Waals surface area contributed by atoms with Crippen LogP contribution in [0.15, 0.2) is 31.0 Å². The highest BCUT2D eigenvalue weighted by Gasteiger charge is 2.09. The van der Waals surface area contributed by atoms with Crippen molar-refractivity contribution in [2.24, 2.45) is 4.99 Å². The molecule has 0 N–H and O–H groups in total. The molecule has 0 fully saturated rings. The topological polar surface area (TPSA) is 47.5 Å². The van der Waals surface area contributed by atoms with Crippen molar-refractivity contribution in [1.82, 2.24) is 4.57 Å². The number of hydrogen-bond acceptors (Lipinski definition) is 4. The molecule has 0 aromatic carbocycles. The molecule has 0 amide bonds. The number of aromatic nitrogens is 1. The number of halogens is 1. The molecule has 0 radical (unpaired) electrons. The number of nitrogens with zero attached hydrogens (tertiary/aromatic N) is 2. The molecule has 0 saturated carbocycles. The number of furan rings is 1. The molecule has 0 unspecified atom stereocenters. The molecule has 0 saturated heterocycles. The molecular weight excluding hydrogens is 292 g/mol. The van der Waals surface area contributed by atoms with Crippen LogP contribution >= 0.6 is 27.3 Å². The Bertz CT molecular complexity index is 710. The molecule has 4 nitrogen and oxygen atoms in total. The highest BCUT2D eigenvalue weighted by atomic mass is 79.9. The van der Waals surface area contributed by atoms with Crippen LogP contribution in [0.2, 0.25) is 0 Å². The molecule has 3 heterocycles. The molecule has 0 bridgehead atoms. The highest BCUT2D eigenvalue weighted by Crippen LogP contribution is 2.14.